The van der Waals surface area contributed by atoms with Crippen molar-refractivity contribution in [2.45, 2.75) is 0 Å². The lowest BCUT2D eigenvalue weighted by atomic mass is 10.1. The third-order valence-electron chi connectivity index (χ3n) is 2.93. The van der Waals surface area contributed by atoms with Gasteiger partial charge in [0.2, 0.25) is 5.75 Å². The smallest absolute Gasteiger partial charge is 0.262 e. The predicted octanol–water partition coefficient (Wildman–Crippen LogP) is 1.68. The van der Waals surface area contributed by atoms with Crippen LogP contribution in [0.2, 0.25) is 0 Å². The first kappa shape index (κ1) is 15.4. The van der Waals surface area contributed by atoms with E-state index in [1.54, 1.807) is 18.2 Å². The fourth-order valence-corrected chi connectivity index (χ4v) is 1.95. The summed E-state index contributed by atoms with van der Waals surface area (Å²) in [5.41, 5.74) is 0.604. The molecular formula is C16H16N2O4. The number of methoxy groups -OCH3 is 1. The number of carbonyl (C=O) groups excluding carboxylic acids is 1. The maximum atomic E-state index is 11.8. The largest absolute Gasteiger partial charge is 0.493 e. The SMILES string of the molecule is C=CCNC(=O)/C(C#N)=C/c1cc(OC)c2c(c1)OCCO2. The van der Waals surface area contributed by atoms with Gasteiger partial charge in [-0.25, -0.2) is 0 Å². The van der Waals surface area contributed by atoms with Gasteiger partial charge in [-0.15, -0.1) is 6.58 Å². The topological polar surface area (TPSA) is 80.6 Å². The van der Waals surface area contributed by atoms with Gasteiger partial charge in [0.1, 0.15) is 24.9 Å². The van der Waals surface area contributed by atoms with Gasteiger partial charge in [0, 0.05) is 6.54 Å². The lowest BCUT2D eigenvalue weighted by molar-refractivity contribution is -0.116. The normalized spacial score (nSPS) is 13.0. The molecule has 1 aliphatic heterocycles. The van der Waals surface area contributed by atoms with Crippen molar-refractivity contribution in [1.29, 1.82) is 5.26 Å². The van der Waals surface area contributed by atoms with E-state index in [9.17, 15) is 4.79 Å². The van der Waals surface area contributed by atoms with E-state index in [4.69, 9.17) is 19.5 Å². The molecule has 1 aromatic rings. The molecule has 0 unspecified atom stereocenters. The Morgan fingerprint density at radius 1 is 1.50 bits per heavy atom. The summed E-state index contributed by atoms with van der Waals surface area (Å²) in [6.07, 6.45) is 3.01. The molecule has 1 heterocycles. The Kier molecular flexibility index (Phi) is 5.04. The molecule has 0 atom stereocenters. The van der Waals surface area contributed by atoms with Crippen molar-refractivity contribution in [3.8, 4) is 23.3 Å². The molecule has 0 spiro atoms. The Bertz CT molecular complexity index is 642. The number of carbonyl (C=O) groups is 1. The average molecular weight is 300 g/mol. The maximum absolute atomic E-state index is 11.8. The summed E-state index contributed by atoms with van der Waals surface area (Å²) in [7, 11) is 1.52. The van der Waals surface area contributed by atoms with Gasteiger partial charge in [-0.05, 0) is 23.8 Å². The van der Waals surface area contributed by atoms with Crippen molar-refractivity contribution in [2.75, 3.05) is 26.9 Å². The van der Waals surface area contributed by atoms with Gasteiger partial charge in [-0.2, -0.15) is 5.26 Å². The molecule has 2 rings (SSSR count). The van der Waals surface area contributed by atoms with E-state index in [0.29, 0.717) is 42.6 Å². The number of hydrogen-bond acceptors (Lipinski definition) is 5. The first-order chi connectivity index (χ1) is 10.7. The van der Waals surface area contributed by atoms with E-state index >= 15 is 0 Å². The van der Waals surface area contributed by atoms with Crippen molar-refractivity contribution in [3.63, 3.8) is 0 Å². The first-order valence-electron chi connectivity index (χ1n) is 6.68. The average Bonchev–Trinajstić information content (AvgIpc) is 2.56. The van der Waals surface area contributed by atoms with Crippen LogP contribution in [0.4, 0.5) is 0 Å². The molecule has 0 saturated heterocycles. The second kappa shape index (κ2) is 7.18. The molecule has 1 aliphatic rings. The standard InChI is InChI=1S/C16H16N2O4/c1-3-4-18-16(19)12(10-17)7-11-8-13(20-2)15-14(9-11)21-5-6-22-15/h3,7-9H,1,4-6H2,2H3,(H,18,19)/b12-7+. The van der Waals surface area contributed by atoms with Crippen LogP contribution in [0, 0.1) is 11.3 Å². The Morgan fingerprint density at radius 3 is 2.95 bits per heavy atom. The fraction of sp³-hybridized carbons (Fsp3) is 0.250. The highest BCUT2D eigenvalue weighted by Gasteiger charge is 2.18. The van der Waals surface area contributed by atoms with Gasteiger partial charge in [-0.3, -0.25) is 4.79 Å². The van der Waals surface area contributed by atoms with E-state index in [2.05, 4.69) is 11.9 Å². The van der Waals surface area contributed by atoms with E-state index in [-0.39, 0.29) is 5.57 Å². The van der Waals surface area contributed by atoms with Crippen molar-refractivity contribution < 1.29 is 19.0 Å². The van der Waals surface area contributed by atoms with Crippen LogP contribution < -0.4 is 19.5 Å². The van der Waals surface area contributed by atoms with E-state index < -0.39 is 5.91 Å². The Labute approximate surface area is 128 Å². The molecule has 0 fully saturated rings. The summed E-state index contributed by atoms with van der Waals surface area (Å²) in [4.78, 5) is 11.8. The molecule has 6 nitrogen and oxygen atoms in total. The minimum absolute atomic E-state index is 0.0134. The summed E-state index contributed by atoms with van der Waals surface area (Å²) in [6.45, 7) is 4.69. The zero-order valence-corrected chi connectivity index (χ0v) is 12.2. The monoisotopic (exact) mass is 300 g/mol. The zero-order valence-electron chi connectivity index (χ0n) is 12.2. The Hall–Kier alpha value is -2.94. The zero-order chi connectivity index (χ0) is 15.9. The second-order valence-corrected chi connectivity index (χ2v) is 4.42. The highest BCUT2D eigenvalue weighted by atomic mass is 16.6. The molecule has 22 heavy (non-hydrogen) atoms. The van der Waals surface area contributed by atoms with Crippen molar-refractivity contribution in [1.82, 2.24) is 5.32 Å². The number of hydrogen-bond donors (Lipinski definition) is 1. The molecular weight excluding hydrogens is 284 g/mol. The molecule has 0 bridgehead atoms. The van der Waals surface area contributed by atoms with Gasteiger partial charge < -0.3 is 19.5 Å². The van der Waals surface area contributed by atoms with Gasteiger partial charge in [0.15, 0.2) is 11.5 Å². The van der Waals surface area contributed by atoms with Crippen LogP contribution in [0.25, 0.3) is 6.08 Å². The highest BCUT2D eigenvalue weighted by Crippen LogP contribution is 2.40. The molecule has 0 aliphatic carbocycles. The van der Waals surface area contributed by atoms with Gasteiger partial charge in [0.25, 0.3) is 5.91 Å². The third-order valence-corrected chi connectivity index (χ3v) is 2.93. The first-order valence-corrected chi connectivity index (χ1v) is 6.68. The van der Waals surface area contributed by atoms with Crippen LogP contribution in [0.1, 0.15) is 5.56 Å². The molecule has 0 saturated carbocycles. The van der Waals surface area contributed by atoms with E-state index in [1.807, 2.05) is 6.07 Å². The maximum Gasteiger partial charge on any atom is 0.262 e. The number of ether oxygens (including phenoxy) is 3. The number of nitrogens with one attached hydrogen (secondary N) is 1. The molecule has 1 aromatic carbocycles. The van der Waals surface area contributed by atoms with Crippen LogP contribution >= 0.6 is 0 Å². The second-order valence-electron chi connectivity index (χ2n) is 4.42. The van der Waals surface area contributed by atoms with Crippen LogP contribution in [0.5, 0.6) is 17.2 Å². The van der Waals surface area contributed by atoms with Crippen LogP contribution in [0.15, 0.2) is 30.4 Å². The lowest BCUT2D eigenvalue weighted by Gasteiger charge is -2.21. The Balaban J connectivity index is 2.35. The van der Waals surface area contributed by atoms with Crippen molar-refractivity contribution >= 4 is 12.0 Å². The number of fused-ring (bicyclic) bond motifs is 1. The lowest BCUT2D eigenvalue weighted by Crippen LogP contribution is -2.24. The number of rotatable bonds is 5. The third kappa shape index (κ3) is 3.38. The van der Waals surface area contributed by atoms with Gasteiger partial charge >= 0.3 is 0 Å². The van der Waals surface area contributed by atoms with Gasteiger partial charge in [-0.1, -0.05) is 6.08 Å². The van der Waals surface area contributed by atoms with E-state index in [0.717, 1.165) is 0 Å². The summed E-state index contributed by atoms with van der Waals surface area (Å²) < 4.78 is 16.3. The molecule has 1 N–H and O–H groups in total. The molecule has 6 heteroatoms. The number of amides is 1. The molecule has 114 valence electrons. The quantitative estimate of drug-likeness (QED) is 0.508. The number of nitriles is 1. The van der Waals surface area contributed by atoms with Crippen LogP contribution in [-0.2, 0) is 4.79 Å². The van der Waals surface area contributed by atoms with E-state index in [1.165, 1.54) is 13.2 Å². The molecule has 1 amide bonds. The summed E-state index contributed by atoms with van der Waals surface area (Å²) in [6, 6.07) is 5.27. The Morgan fingerprint density at radius 2 is 2.27 bits per heavy atom. The minimum Gasteiger partial charge on any atom is -0.493 e. The highest BCUT2D eigenvalue weighted by molar-refractivity contribution is 6.01. The number of nitrogens with zero attached hydrogens (tertiary/aromatic N) is 1. The van der Waals surface area contributed by atoms with Crippen molar-refractivity contribution in [2.24, 2.45) is 0 Å². The van der Waals surface area contributed by atoms with Crippen molar-refractivity contribution in [3.05, 3.63) is 35.9 Å². The summed E-state index contributed by atoms with van der Waals surface area (Å²) in [5, 5.41) is 11.7. The van der Waals surface area contributed by atoms with Crippen LogP contribution in [-0.4, -0.2) is 32.8 Å². The van der Waals surface area contributed by atoms with Gasteiger partial charge in [0.05, 0.1) is 7.11 Å². The summed E-state index contributed by atoms with van der Waals surface area (Å²) >= 11 is 0. The minimum atomic E-state index is -0.462. The molecule has 0 aromatic heterocycles. The number of benzene rings is 1. The molecule has 0 radical (unpaired) electrons. The van der Waals surface area contributed by atoms with Crippen LogP contribution in [0.3, 0.4) is 0 Å². The predicted molar refractivity (Wildman–Crippen MR) is 80.8 cm³/mol. The summed E-state index contributed by atoms with van der Waals surface area (Å²) in [5.74, 6) is 1.09. The fourth-order valence-electron chi connectivity index (χ4n) is 1.95.